The minimum Gasteiger partial charge on any atom is -0.469 e. The fourth-order valence-electron chi connectivity index (χ4n) is 1.31. The van der Waals surface area contributed by atoms with Crippen LogP contribution in [0.25, 0.3) is 0 Å². The van der Waals surface area contributed by atoms with Gasteiger partial charge in [0.1, 0.15) is 10.2 Å². The Morgan fingerprint density at radius 3 is 2.77 bits per heavy atom. The Morgan fingerprint density at radius 1 is 1.69 bits per heavy atom. The van der Waals surface area contributed by atoms with E-state index in [1.807, 2.05) is 13.1 Å². The van der Waals surface area contributed by atoms with Crippen LogP contribution in [-0.2, 0) is 7.05 Å². The molecule has 0 atom stereocenters. The molecule has 0 saturated carbocycles. The van der Waals surface area contributed by atoms with Crippen LogP contribution in [0.3, 0.4) is 0 Å². The molecule has 0 aliphatic carbocycles. The number of aryl methyl sites for hydroxylation is 1. The van der Waals surface area contributed by atoms with E-state index in [4.69, 9.17) is 4.74 Å². The molecule has 0 aromatic carbocycles. The molecule has 1 fully saturated rings. The molecule has 0 bridgehead atoms. The summed E-state index contributed by atoms with van der Waals surface area (Å²) in [5, 5.41) is 7.32. The zero-order valence-corrected chi connectivity index (χ0v) is 9.26. The van der Waals surface area contributed by atoms with Crippen molar-refractivity contribution in [1.82, 2.24) is 15.1 Å². The van der Waals surface area contributed by atoms with E-state index >= 15 is 0 Å². The van der Waals surface area contributed by atoms with Crippen molar-refractivity contribution in [1.29, 1.82) is 0 Å². The average molecular weight is 246 g/mol. The number of hydrogen-bond donors (Lipinski definition) is 1. The van der Waals surface area contributed by atoms with Crippen LogP contribution in [0, 0.1) is 0 Å². The van der Waals surface area contributed by atoms with Crippen molar-refractivity contribution in [2.75, 3.05) is 13.1 Å². The highest BCUT2D eigenvalue weighted by Crippen LogP contribution is 2.23. The number of hydrogen-bond acceptors (Lipinski definition) is 3. The molecular formula is C8H12BrN3O. The molecule has 1 aromatic rings. The van der Waals surface area contributed by atoms with E-state index in [1.54, 1.807) is 4.68 Å². The Bertz CT molecular complexity index is 319. The third-order valence-corrected chi connectivity index (χ3v) is 2.54. The van der Waals surface area contributed by atoms with Crippen molar-refractivity contribution in [2.45, 2.75) is 12.5 Å². The second-order valence-corrected chi connectivity index (χ2v) is 4.40. The molecule has 1 aliphatic heterocycles. The summed E-state index contributed by atoms with van der Waals surface area (Å²) in [6, 6.07) is 1.88. The number of halogens is 1. The van der Waals surface area contributed by atoms with Gasteiger partial charge >= 0.3 is 0 Å². The van der Waals surface area contributed by atoms with Gasteiger partial charge in [0.15, 0.2) is 0 Å². The van der Waals surface area contributed by atoms with E-state index in [9.17, 15) is 0 Å². The van der Waals surface area contributed by atoms with E-state index in [1.165, 1.54) is 0 Å². The lowest BCUT2D eigenvalue weighted by atomic mass is 10.0. The Kier molecular flexibility index (Phi) is 2.08. The van der Waals surface area contributed by atoms with Crippen LogP contribution in [0.4, 0.5) is 0 Å². The van der Waals surface area contributed by atoms with E-state index < -0.39 is 0 Å². The molecule has 2 rings (SSSR count). The molecule has 1 aromatic heterocycles. The molecule has 0 spiro atoms. The molecule has 1 aliphatic rings. The molecular weight excluding hydrogens is 234 g/mol. The van der Waals surface area contributed by atoms with E-state index in [-0.39, 0.29) is 5.60 Å². The first-order valence-corrected chi connectivity index (χ1v) is 4.98. The fraction of sp³-hybridized carbons (Fsp3) is 0.625. The van der Waals surface area contributed by atoms with Crippen LogP contribution in [0.5, 0.6) is 5.88 Å². The zero-order chi connectivity index (χ0) is 9.47. The Morgan fingerprint density at radius 2 is 2.38 bits per heavy atom. The highest BCUT2D eigenvalue weighted by Gasteiger charge is 2.34. The summed E-state index contributed by atoms with van der Waals surface area (Å²) in [5.74, 6) is 0.802. The lowest BCUT2D eigenvalue weighted by Crippen LogP contribution is -2.61. The molecule has 5 heteroatoms. The predicted molar refractivity (Wildman–Crippen MR) is 52.8 cm³/mol. The van der Waals surface area contributed by atoms with Crippen molar-refractivity contribution in [3.63, 3.8) is 0 Å². The first-order valence-electron chi connectivity index (χ1n) is 4.18. The quantitative estimate of drug-likeness (QED) is 0.843. The SMILES string of the molecule is Cn1nc(Br)cc1OC1(C)CNC1. The number of aromatic nitrogens is 2. The van der Waals surface area contributed by atoms with E-state index in [2.05, 4.69) is 33.3 Å². The van der Waals surface area contributed by atoms with Crippen molar-refractivity contribution >= 4 is 15.9 Å². The topological polar surface area (TPSA) is 39.1 Å². The van der Waals surface area contributed by atoms with Crippen LogP contribution < -0.4 is 10.1 Å². The van der Waals surface area contributed by atoms with Gasteiger partial charge in [0.25, 0.3) is 0 Å². The average Bonchev–Trinajstić information content (AvgIpc) is 2.27. The van der Waals surface area contributed by atoms with Gasteiger partial charge in [-0.1, -0.05) is 0 Å². The molecule has 0 unspecified atom stereocenters. The van der Waals surface area contributed by atoms with E-state index in [0.717, 1.165) is 23.6 Å². The zero-order valence-electron chi connectivity index (χ0n) is 7.67. The molecule has 2 heterocycles. The highest BCUT2D eigenvalue weighted by molar-refractivity contribution is 9.10. The summed E-state index contributed by atoms with van der Waals surface area (Å²) in [6.07, 6.45) is 0. The minimum atomic E-state index is -0.0623. The van der Waals surface area contributed by atoms with Crippen molar-refractivity contribution in [3.05, 3.63) is 10.7 Å². The summed E-state index contributed by atoms with van der Waals surface area (Å²) >= 11 is 3.30. The number of nitrogens with zero attached hydrogens (tertiary/aromatic N) is 2. The monoisotopic (exact) mass is 245 g/mol. The molecule has 4 nitrogen and oxygen atoms in total. The number of rotatable bonds is 2. The van der Waals surface area contributed by atoms with Gasteiger partial charge in [0.2, 0.25) is 5.88 Å². The van der Waals surface area contributed by atoms with Crippen molar-refractivity contribution in [3.8, 4) is 5.88 Å². The predicted octanol–water partition coefficient (Wildman–Crippen LogP) is 0.923. The van der Waals surface area contributed by atoms with Crippen LogP contribution in [0.1, 0.15) is 6.92 Å². The Hall–Kier alpha value is -0.550. The summed E-state index contributed by atoms with van der Waals surface area (Å²) in [4.78, 5) is 0. The van der Waals surface area contributed by atoms with Gasteiger partial charge in [0.05, 0.1) is 0 Å². The third kappa shape index (κ3) is 1.71. The van der Waals surface area contributed by atoms with E-state index in [0.29, 0.717) is 0 Å². The summed E-state index contributed by atoms with van der Waals surface area (Å²) < 4.78 is 8.33. The third-order valence-electron chi connectivity index (χ3n) is 2.16. The molecule has 1 saturated heterocycles. The van der Waals surface area contributed by atoms with Crippen molar-refractivity contribution < 1.29 is 4.74 Å². The Balaban J connectivity index is 2.12. The van der Waals surface area contributed by atoms with Gasteiger partial charge in [-0.3, -0.25) is 0 Å². The van der Waals surface area contributed by atoms with Gasteiger partial charge < -0.3 is 10.1 Å². The first-order chi connectivity index (χ1) is 6.09. The van der Waals surface area contributed by atoms with Crippen LogP contribution in [0.15, 0.2) is 10.7 Å². The first kappa shape index (κ1) is 9.02. The smallest absolute Gasteiger partial charge is 0.213 e. The van der Waals surface area contributed by atoms with Gasteiger partial charge in [-0.2, -0.15) is 5.10 Å². The summed E-state index contributed by atoms with van der Waals surface area (Å²) in [7, 11) is 1.87. The van der Waals surface area contributed by atoms with Crippen LogP contribution in [0.2, 0.25) is 0 Å². The minimum absolute atomic E-state index is 0.0623. The number of nitrogens with one attached hydrogen (secondary N) is 1. The molecule has 1 N–H and O–H groups in total. The number of ether oxygens (including phenoxy) is 1. The van der Waals surface area contributed by atoms with Crippen LogP contribution >= 0.6 is 15.9 Å². The summed E-state index contributed by atoms with van der Waals surface area (Å²) in [5.41, 5.74) is -0.0623. The maximum atomic E-state index is 5.80. The maximum absolute atomic E-state index is 5.80. The maximum Gasteiger partial charge on any atom is 0.213 e. The normalized spacial score (nSPS) is 19.6. The second kappa shape index (κ2) is 2.99. The van der Waals surface area contributed by atoms with Gasteiger partial charge in [-0.05, 0) is 22.9 Å². The lowest BCUT2D eigenvalue weighted by Gasteiger charge is -2.38. The second-order valence-electron chi connectivity index (χ2n) is 3.58. The molecule has 13 heavy (non-hydrogen) atoms. The fourth-order valence-corrected chi connectivity index (χ4v) is 1.75. The highest BCUT2D eigenvalue weighted by atomic mass is 79.9. The molecule has 0 amide bonds. The van der Waals surface area contributed by atoms with Crippen LogP contribution in [-0.4, -0.2) is 28.5 Å². The van der Waals surface area contributed by atoms with Gasteiger partial charge in [-0.25, -0.2) is 4.68 Å². The molecule has 72 valence electrons. The standard InChI is InChI=1S/C8H12BrN3O/c1-8(4-10-5-8)13-7-3-6(9)11-12(7)2/h3,10H,4-5H2,1-2H3. The largest absolute Gasteiger partial charge is 0.469 e. The Labute approximate surface area is 85.4 Å². The summed E-state index contributed by atoms with van der Waals surface area (Å²) in [6.45, 7) is 3.88. The van der Waals surface area contributed by atoms with Crippen molar-refractivity contribution in [2.24, 2.45) is 7.05 Å². The van der Waals surface area contributed by atoms with Gasteiger partial charge in [0, 0.05) is 26.2 Å². The molecule has 0 radical (unpaired) electrons. The lowest BCUT2D eigenvalue weighted by molar-refractivity contribution is 0.0266. The van der Waals surface area contributed by atoms with Gasteiger partial charge in [-0.15, -0.1) is 0 Å².